The van der Waals surface area contributed by atoms with E-state index in [0.717, 1.165) is 6.42 Å². The minimum atomic E-state index is -0.124. The largest absolute Gasteiger partial charge is 0.396 e. The Kier molecular flexibility index (Phi) is 7.13. The van der Waals surface area contributed by atoms with Gasteiger partial charge < -0.3 is 15.7 Å². The Balaban J connectivity index is 3.66. The Morgan fingerprint density at radius 3 is 2.33 bits per heavy atom. The van der Waals surface area contributed by atoms with Crippen molar-refractivity contribution in [3.8, 4) is 0 Å². The van der Waals surface area contributed by atoms with Crippen LogP contribution in [0.4, 0.5) is 4.79 Å². The van der Waals surface area contributed by atoms with E-state index in [9.17, 15) is 4.79 Å². The van der Waals surface area contributed by atoms with Gasteiger partial charge in [0, 0.05) is 19.2 Å². The summed E-state index contributed by atoms with van der Waals surface area (Å²) in [5.74, 6) is 0.751. The maximum atomic E-state index is 11.4. The molecule has 0 fully saturated rings. The van der Waals surface area contributed by atoms with Crippen molar-refractivity contribution in [3.63, 3.8) is 0 Å². The van der Waals surface area contributed by atoms with Gasteiger partial charge in [-0.2, -0.15) is 0 Å². The van der Waals surface area contributed by atoms with Crippen LogP contribution in [-0.4, -0.2) is 30.3 Å². The number of amides is 2. The Labute approximate surface area is 92.4 Å². The SMILES string of the molecule is CC(CCO)CNC(=O)NC(C)C(C)C. The van der Waals surface area contributed by atoms with Crippen molar-refractivity contribution in [1.82, 2.24) is 10.6 Å². The van der Waals surface area contributed by atoms with Crippen LogP contribution in [0.1, 0.15) is 34.1 Å². The molecule has 3 N–H and O–H groups in total. The molecule has 90 valence electrons. The molecule has 2 atom stereocenters. The fourth-order valence-corrected chi connectivity index (χ4v) is 1.01. The number of urea groups is 1. The molecule has 0 heterocycles. The minimum absolute atomic E-state index is 0.124. The van der Waals surface area contributed by atoms with Crippen molar-refractivity contribution in [3.05, 3.63) is 0 Å². The summed E-state index contributed by atoms with van der Waals surface area (Å²) in [5.41, 5.74) is 0. The number of hydrogen-bond acceptors (Lipinski definition) is 2. The highest BCUT2D eigenvalue weighted by Crippen LogP contribution is 2.00. The molecule has 0 aliphatic carbocycles. The number of aliphatic hydroxyl groups is 1. The van der Waals surface area contributed by atoms with E-state index in [1.807, 2.05) is 13.8 Å². The van der Waals surface area contributed by atoms with Gasteiger partial charge in [-0.1, -0.05) is 20.8 Å². The highest BCUT2D eigenvalue weighted by atomic mass is 16.3. The third kappa shape index (κ3) is 7.19. The quantitative estimate of drug-likeness (QED) is 0.627. The van der Waals surface area contributed by atoms with Crippen molar-refractivity contribution < 1.29 is 9.90 Å². The third-order valence-corrected chi connectivity index (χ3v) is 2.59. The molecular weight excluding hydrogens is 192 g/mol. The van der Waals surface area contributed by atoms with E-state index in [-0.39, 0.29) is 18.7 Å². The first kappa shape index (κ1) is 14.2. The number of carbonyl (C=O) groups excluding carboxylic acids is 1. The van der Waals surface area contributed by atoms with E-state index in [2.05, 4.69) is 24.5 Å². The fourth-order valence-electron chi connectivity index (χ4n) is 1.01. The minimum Gasteiger partial charge on any atom is -0.396 e. The second kappa shape index (κ2) is 7.51. The molecule has 0 aromatic rings. The lowest BCUT2D eigenvalue weighted by Gasteiger charge is -2.19. The van der Waals surface area contributed by atoms with E-state index >= 15 is 0 Å². The molecular formula is C11H24N2O2. The monoisotopic (exact) mass is 216 g/mol. The smallest absolute Gasteiger partial charge is 0.315 e. The average Bonchev–Trinajstić information content (AvgIpc) is 2.15. The summed E-state index contributed by atoms with van der Waals surface area (Å²) < 4.78 is 0. The zero-order chi connectivity index (χ0) is 11.8. The van der Waals surface area contributed by atoms with Gasteiger partial charge in [-0.25, -0.2) is 4.79 Å². The van der Waals surface area contributed by atoms with E-state index in [1.54, 1.807) is 0 Å². The van der Waals surface area contributed by atoms with E-state index in [4.69, 9.17) is 5.11 Å². The molecule has 4 nitrogen and oxygen atoms in total. The van der Waals surface area contributed by atoms with Crippen LogP contribution in [-0.2, 0) is 0 Å². The Bertz CT molecular complexity index is 183. The maximum Gasteiger partial charge on any atom is 0.315 e. The summed E-state index contributed by atoms with van der Waals surface area (Å²) in [4.78, 5) is 11.4. The number of hydrogen-bond donors (Lipinski definition) is 3. The van der Waals surface area contributed by atoms with Gasteiger partial charge in [0.1, 0.15) is 0 Å². The normalized spacial score (nSPS) is 14.8. The predicted octanol–water partition coefficient (Wildman–Crippen LogP) is 1.35. The van der Waals surface area contributed by atoms with Crippen LogP contribution in [0.5, 0.6) is 0 Å². The Morgan fingerprint density at radius 1 is 1.27 bits per heavy atom. The molecule has 2 unspecified atom stereocenters. The van der Waals surface area contributed by atoms with Gasteiger partial charge in [-0.15, -0.1) is 0 Å². The molecule has 0 aliphatic heterocycles. The number of nitrogens with one attached hydrogen (secondary N) is 2. The zero-order valence-corrected chi connectivity index (χ0v) is 10.2. The summed E-state index contributed by atoms with van der Waals surface area (Å²) in [6.07, 6.45) is 0.722. The van der Waals surface area contributed by atoms with E-state index in [0.29, 0.717) is 18.4 Å². The summed E-state index contributed by atoms with van der Waals surface area (Å²) in [6.45, 7) is 8.91. The van der Waals surface area contributed by atoms with Gasteiger partial charge in [0.05, 0.1) is 0 Å². The molecule has 0 saturated carbocycles. The van der Waals surface area contributed by atoms with Gasteiger partial charge in [-0.3, -0.25) is 0 Å². The van der Waals surface area contributed by atoms with Gasteiger partial charge in [0.2, 0.25) is 0 Å². The van der Waals surface area contributed by atoms with Crippen molar-refractivity contribution in [2.75, 3.05) is 13.2 Å². The Morgan fingerprint density at radius 2 is 1.87 bits per heavy atom. The first-order valence-electron chi connectivity index (χ1n) is 5.62. The van der Waals surface area contributed by atoms with Crippen molar-refractivity contribution >= 4 is 6.03 Å². The molecule has 15 heavy (non-hydrogen) atoms. The summed E-state index contributed by atoms with van der Waals surface area (Å²) in [7, 11) is 0. The molecule has 0 radical (unpaired) electrons. The molecule has 0 aliphatic rings. The number of carbonyl (C=O) groups is 1. The predicted molar refractivity (Wildman–Crippen MR) is 61.7 cm³/mol. The molecule has 0 aromatic carbocycles. The second-order valence-electron chi connectivity index (χ2n) is 4.50. The van der Waals surface area contributed by atoms with Crippen molar-refractivity contribution in [1.29, 1.82) is 0 Å². The van der Waals surface area contributed by atoms with Crippen LogP contribution in [0.25, 0.3) is 0 Å². The van der Waals surface area contributed by atoms with Crippen molar-refractivity contribution in [2.45, 2.75) is 40.2 Å². The molecule has 4 heteroatoms. The standard InChI is InChI=1S/C11H24N2O2/c1-8(2)10(4)13-11(15)12-7-9(3)5-6-14/h8-10,14H,5-7H2,1-4H3,(H2,12,13,15). The molecule has 2 amide bonds. The van der Waals surface area contributed by atoms with Crippen LogP contribution in [0.2, 0.25) is 0 Å². The third-order valence-electron chi connectivity index (χ3n) is 2.59. The highest BCUT2D eigenvalue weighted by molar-refractivity contribution is 5.74. The van der Waals surface area contributed by atoms with E-state index in [1.165, 1.54) is 0 Å². The lowest BCUT2D eigenvalue weighted by atomic mass is 10.1. The molecule has 0 saturated heterocycles. The van der Waals surface area contributed by atoms with Crippen LogP contribution < -0.4 is 10.6 Å². The van der Waals surface area contributed by atoms with Crippen LogP contribution in [0.3, 0.4) is 0 Å². The highest BCUT2D eigenvalue weighted by Gasteiger charge is 2.10. The maximum absolute atomic E-state index is 11.4. The summed E-state index contributed by atoms with van der Waals surface area (Å²) >= 11 is 0. The van der Waals surface area contributed by atoms with Gasteiger partial charge in [-0.05, 0) is 25.2 Å². The summed E-state index contributed by atoms with van der Waals surface area (Å²) in [5, 5.41) is 14.3. The van der Waals surface area contributed by atoms with Crippen LogP contribution in [0, 0.1) is 11.8 Å². The van der Waals surface area contributed by atoms with Crippen LogP contribution >= 0.6 is 0 Å². The zero-order valence-electron chi connectivity index (χ0n) is 10.2. The first-order valence-corrected chi connectivity index (χ1v) is 5.62. The molecule has 0 spiro atoms. The number of aliphatic hydroxyl groups excluding tert-OH is 1. The molecule has 0 aromatic heterocycles. The molecule has 0 bridgehead atoms. The van der Waals surface area contributed by atoms with Gasteiger partial charge in [0.25, 0.3) is 0 Å². The number of rotatable bonds is 6. The average molecular weight is 216 g/mol. The Hall–Kier alpha value is -0.770. The first-order chi connectivity index (χ1) is 6.97. The summed E-state index contributed by atoms with van der Waals surface area (Å²) in [6, 6.07) is 0.0548. The lowest BCUT2D eigenvalue weighted by molar-refractivity contribution is 0.228. The fraction of sp³-hybridized carbons (Fsp3) is 0.909. The van der Waals surface area contributed by atoms with Crippen LogP contribution in [0.15, 0.2) is 0 Å². The molecule has 0 rings (SSSR count). The second-order valence-corrected chi connectivity index (χ2v) is 4.50. The van der Waals surface area contributed by atoms with Crippen molar-refractivity contribution in [2.24, 2.45) is 11.8 Å². The van der Waals surface area contributed by atoms with E-state index < -0.39 is 0 Å². The topological polar surface area (TPSA) is 61.4 Å². The van der Waals surface area contributed by atoms with Gasteiger partial charge in [0.15, 0.2) is 0 Å². The lowest BCUT2D eigenvalue weighted by Crippen LogP contribution is -2.44. The van der Waals surface area contributed by atoms with Gasteiger partial charge >= 0.3 is 6.03 Å².